The van der Waals surface area contributed by atoms with Gasteiger partial charge in [0.05, 0.1) is 11.7 Å². The minimum atomic E-state index is -0.487. The number of nitrogens with zero attached hydrogens (tertiary/aromatic N) is 3. The van der Waals surface area contributed by atoms with Gasteiger partial charge in [-0.3, -0.25) is 14.7 Å². The number of likely N-dealkylation sites (tertiary alicyclic amines) is 2. The van der Waals surface area contributed by atoms with E-state index >= 15 is 0 Å². The van der Waals surface area contributed by atoms with Crippen molar-refractivity contribution in [2.75, 3.05) is 32.7 Å². The molecular weight excluding hydrogens is 389 g/mol. The average Bonchev–Trinajstić information content (AvgIpc) is 2.78. The van der Waals surface area contributed by atoms with Crippen LogP contribution in [0.15, 0.2) is 54.2 Å². The topological polar surface area (TPSA) is 36.4 Å². The van der Waals surface area contributed by atoms with Gasteiger partial charge in [0.1, 0.15) is 5.82 Å². The van der Waals surface area contributed by atoms with Crippen LogP contribution in [0, 0.1) is 11.2 Å². The number of pyridine rings is 1. The zero-order valence-corrected chi connectivity index (χ0v) is 18.6. The lowest BCUT2D eigenvalue weighted by atomic mass is 9.74. The van der Waals surface area contributed by atoms with Gasteiger partial charge in [-0.1, -0.05) is 38.5 Å². The van der Waals surface area contributed by atoms with Crippen molar-refractivity contribution in [3.63, 3.8) is 0 Å². The first-order valence-electron chi connectivity index (χ1n) is 11.3. The van der Waals surface area contributed by atoms with Crippen LogP contribution in [0.5, 0.6) is 0 Å². The van der Waals surface area contributed by atoms with E-state index in [1.54, 1.807) is 6.20 Å². The van der Waals surface area contributed by atoms with Crippen LogP contribution in [-0.2, 0) is 4.79 Å². The summed E-state index contributed by atoms with van der Waals surface area (Å²) in [6, 6.07) is 12.1. The summed E-state index contributed by atoms with van der Waals surface area (Å²) in [5.41, 5.74) is 1.97. The van der Waals surface area contributed by atoms with E-state index in [0.717, 1.165) is 43.0 Å². The van der Waals surface area contributed by atoms with Gasteiger partial charge in [0.2, 0.25) is 0 Å². The molecule has 2 fully saturated rings. The summed E-state index contributed by atoms with van der Waals surface area (Å²) in [5.74, 6) is -0.122. The molecule has 0 radical (unpaired) electrons. The summed E-state index contributed by atoms with van der Waals surface area (Å²) in [6.45, 7) is 8.88. The molecule has 0 bridgehead atoms. The van der Waals surface area contributed by atoms with Gasteiger partial charge in [-0.25, -0.2) is 4.39 Å². The number of rotatable bonds is 5. The number of Topliss-reactive ketones (excluding diaryl/α,β-unsaturated/α-hetero) is 1. The lowest BCUT2D eigenvalue weighted by Crippen LogP contribution is -2.51. The Hall–Kier alpha value is -2.37. The highest BCUT2D eigenvalue weighted by atomic mass is 19.1. The smallest absolute Gasteiger partial charge is 0.167 e. The Labute approximate surface area is 184 Å². The molecule has 31 heavy (non-hydrogen) atoms. The molecule has 3 heterocycles. The summed E-state index contributed by atoms with van der Waals surface area (Å²) in [4.78, 5) is 22.9. The standard InChI is InChI=1S/C26H32FN3O/c1-26(2)19-30(17-16-29-14-6-3-7-15-29)24(20-9-11-21(27)12-10-20)23(25(26)31)18-22-8-4-5-13-28-22/h4-5,8-13,18,24H,3,6-7,14-17,19H2,1-2H3. The molecule has 2 saturated heterocycles. The second-order valence-electron chi connectivity index (χ2n) is 9.39. The van der Waals surface area contributed by atoms with Crippen LogP contribution < -0.4 is 0 Å². The number of carbonyl (C=O) groups is 1. The Kier molecular flexibility index (Phi) is 6.63. The third-order valence-corrected chi connectivity index (χ3v) is 6.46. The van der Waals surface area contributed by atoms with Crippen LogP contribution in [0.3, 0.4) is 0 Å². The van der Waals surface area contributed by atoms with Crippen molar-refractivity contribution in [3.8, 4) is 0 Å². The molecule has 0 saturated carbocycles. The monoisotopic (exact) mass is 421 g/mol. The predicted octanol–water partition coefficient (Wildman–Crippen LogP) is 4.74. The minimum Gasteiger partial charge on any atom is -0.302 e. The molecule has 2 aromatic rings. The maximum atomic E-state index is 13.7. The third-order valence-electron chi connectivity index (χ3n) is 6.46. The SMILES string of the molecule is CC1(C)CN(CCN2CCCCC2)C(c2ccc(F)cc2)C(=Cc2ccccn2)C1=O. The lowest BCUT2D eigenvalue weighted by Gasteiger charge is -2.45. The highest BCUT2D eigenvalue weighted by molar-refractivity contribution is 6.05. The molecule has 2 aliphatic rings. The third kappa shape index (κ3) is 5.10. The highest BCUT2D eigenvalue weighted by Crippen LogP contribution is 2.41. The quantitative estimate of drug-likeness (QED) is 0.654. The zero-order chi connectivity index (χ0) is 21.8. The Morgan fingerprint density at radius 1 is 1.06 bits per heavy atom. The molecule has 1 aromatic carbocycles. The van der Waals surface area contributed by atoms with Crippen LogP contribution in [0.1, 0.15) is 50.4 Å². The molecule has 164 valence electrons. The van der Waals surface area contributed by atoms with E-state index in [4.69, 9.17) is 0 Å². The number of hydrogen-bond donors (Lipinski definition) is 0. The molecule has 0 amide bonds. The van der Waals surface area contributed by atoms with Crippen molar-refractivity contribution in [3.05, 3.63) is 71.3 Å². The molecule has 1 unspecified atom stereocenters. The van der Waals surface area contributed by atoms with E-state index in [-0.39, 0.29) is 17.6 Å². The van der Waals surface area contributed by atoms with Crippen molar-refractivity contribution in [2.45, 2.75) is 39.2 Å². The molecule has 4 nitrogen and oxygen atoms in total. The molecule has 5 heteroatoms. The van der Waals surface area contributed by atoms with E-state index < -0.39 is 5.41 Å². The highest BCUT2D eigenvalue weighted by Gasteiger charge is 2.43. The van der Waals surface area contributed by atoms with E-state index in [0.29, 0.717) is 6.54 Å². The van der Waals surface area contributed by atoms with Crippen molar-refractivity contribution < 1.29 is 9.18 Å². The Bertz CT molecular complexity index is 917. The molecule has 0 spiro atoms. The maximum Gasteiger partial charge on any atom is 0.167 e. The second kappa shape index (κ2) is 9.41. The number of piperidine rings is 2. The lowest BCUT2D eigenvalue weighted by molar-refractivity contribution is -0.128. The van der Waals surface area contributed by atoms with Gasteiger partial charge in [0.25, 0.3) is 0 Å². The maximum absolute atomic E-state index is 13.7. The summed E-state index contributed by atoms with van der Waals surface area (Å²) >= 11 is 0. The summed E-state index contributed by atoms with van der Waals surface area (Å²) in [6.07, 6.45) is 7.50. The first-order valence-corrected chi connectivity index (χ1v) is 11.3. The predicted molar refractivity (Wildman–Crippen MR) is 122 cm³/mol. The number of aromatic nitrogens is 1. The molecule has 2 aliphatic heterocycles. The zero-order valence-electron chi connectivity index (χ0n) is 18.6. The van der Waals surface area contributed by atoms with Crippen LogP contribution in [0.25, 0.3) is 6.08 Å². The fourth-order valence-electron chi connectivity index (χ4n) is 4.84. The first-order chi connectivity index (χ1) is 14.9. The Balaban J connectivity index is 1.71. The van der Waals surface area contributed by atoms with E-state index in [1.165, 1.54) is 31.4 Å². The van der Waals surface area contributed by atoms with Crippen molar-refractivity contribution in [1.29, 1.82) is 0 Å². The Morgan fingerprint density at radius 3 is 2.48 bits per heavy atom. The van der Waals surface area contributed by atoms with Crippen molar-refractivity contribution in [2.24, 2.45) is 5.41 Å². The van der Waals surface area contributed by atoms with Gasteiger partial charge < -0.3 is 4.90 Å². The van der Waals surface area contributed by atoms with Crippen LogP contribution in [0.4, 0.5) is 4.39 Å². The van der Waals surface area contributed by atoms with Crippen molar-refractivity contribution in [1.82, 2.24) is 14.8 Å². The van der Waals surface area contributed by atoms with Gasteiger partial charge in [0, 0.05) is 36.8 Å². The minimum absolute atomic E-state index is 0.140. The Morgan fingerprint density at radius 2 is 1.81 bits per heavy atom. The molecule has 1 aromatic heterocycles. The average molecular weight is 422 g/mol. The van der Waals surface area contributed by atoms with Crippen LogP contribution in [0.2, 0.25) is 0 Å². The molecule has 0 aliphatic carbocycles. The van der Waals surface area contributed by atoms with Gasteiger partial charge >= 0.3 is 0 Å². The summed E-state index contributed by atoms with van der Waals surface area (Å²) < 4.78 is 13.7. The summed E-state index contributed by atoms with van der Waals surface area (Å²) in [5, 5.41) is 0. The molecule has 4 rings (SSSR count). The molecular formula is C26H32FN3O. The van der Waals surface area contributed by atoms with E-state index in [2.05, 4.69) is 14.8 Å². The first kappa shape index (κ1) is 21.8. The second-order valence-corrected chi connectivity index (χ2v) is 9.39. The van der Waals surface area contributed by atoms with Gasteiger partial charge in [-0.15, -0.1) is 0 Å². The summed E-state index contributed by atoms with van der Waals surface area (Å²) in [7, 11) is 0. The van der Waals surface area contributed by atoms with Gasteiger partial charge in [-0.2, -0.15) is 0 Å². The largest absolute Gasteiger partial charge is 0.302 e. The number of halogens is 1. The van der Waals surface area contributed by atoms with Gasteiger partial charge in [-0.05, 0) is 61.8 Å². The van der Waals surface area contributed by atoms with Crippen molar-refractivity contribution >= 4 is 11.9 Å². The molecule has 1 atom stereocenters. The number of carbonyl (C=O) groups excluding carboxylic acids is 1. The number of hydrogen-bond acceptors (Lipinski definition) is 4. The fraction of sp³-hybridized carbons (Fsp3) is 0.462. The fourth-order valence-corrected chi connectivity index (χ4v) is 4.84. The molecule has 0 N–H and O–H groups in total. The number of benzene rings is 1. The number of ketones is 1. The normalized spacial score (nSPS) is 23.9. The van der Waals surface area contributed by atoms with Crippen LogP contribution >= 0.6 is 0 Å². The van der Waals surface area contributed by atoms with E-state index in [1.807, 2.05) is 50.3 Å². The van der Waals surface area contributed by atoms with E-state index in [9.17, 15) is 9.18 Å². The van der Waals surface area contributed by atoms with Gasteiger partial charge in [0.15, 0.2) is 5.78 Å². The van der Waals surface area contributed by atoms with Crippen LogP contribution in [-0.4, -0.2) is 53.3 Å².